The Morgan fingerprint density at radius 3 is 1.00 bits per heavy atom. The third-order valence-corrected chi connectivity index (χ3v) is 9.16. The molecule has 0 aliphatic heterocycles. The van der Waals surface area contributed by atoms with Gasteiger partial charge in [0, 0.05) is 10.0 Å². The van der Waals surface area contributed by atoms with Crippen LogP contribution in [0, 0.1) is 0 Å². The van der Waals surface area contributed by atoms with Gasteiger partial charge in [0.05, 0.1) is 28.0 Å². The van der Waals surface area contributed by atoms with Gasteiger partial charge in [0.1, 0.15) is 0 Å². The minimum absolute atomic E-state index is 0.0988. The van der Waals surface area contributed by atoms with E-state index >= 15 is 0 Å². The quantitative estimate of drug-likeness (QED) is 0.536. The molecule has 0 amide bonds. The molecule has 12 heavy (non-hydrogen) atoms. The predicted octanol–water partition coefficient (Wildman–Crippen LogP) is 1.98. The largest absolute Gasteiger partial charge is 0.126 e. The molecule has 0 aromatic carbocycles. The number of hydrogen-bond acceptors (Lipinski definition) is 0. The summed E-state index contributed by atoms with van der Waals surface area (Å²) in [5, 5.41) is -0.198. The van der Waals surface area contributed by atoms with Gasteiger partial charge in [-0.15, -0.1) is 69.6 Å². The topological polar surface area (TPSA) is 0 Å². The van der Waals surface area contributed by atoms with Crippen LogP contribution in [-0.4, -0.2) is 38.0 Å². The van der Waals surface area contributed by atoms with E-state index in [-0.39, 0.29) is 18.9 Å². The van der Waals surface area contributed by atoms with Crippen molar-refractivity contribution in [3.63, 3.8) is 0 Å². The number of alkyl halides is 6. The van der Waals surface area contributed by atoms with Gasteiger partial charge < -0.3 is 0 Å². The van der Waals surface area contributed by atoms with E-state index in [1.165, 1.54) is 0 Å². The Morgan fingerprint density at radius 2 is 0.833 bits per heavy atom. The first-order chi connectivity index (χ1) is 5.43. The van der Waals surface area contributed by atoms with Gasteiger partial charge in [0.15, 0.2) is 0 Å². The third-order valence-electron chi connectivity index (χ3n) is 1.20. The van der Waals surface area contributed by atoms with E-state index in [4.69, 9.17) is 69.6 Å². The monoisotopic (exact) mass is 322 g/mol. The van der Waals surface area contributed by atoms with Crippen molar-refractivity contribution in [1.29, 1.82) is 0 Å². The average molecular weight is 325 g/mol. The molecule has 0 saturated heterocycles. The van der Waals surface area contributed by atoms with E-state index in [0.29, 0.717) is 0 Å². The highest BCUT2D eigenvalue weighted by atomic mass is 35.5. The van der Waals surface area contributed by atoms with Crippen LogP contribution < -0.4 is 0 Å². The van der Waals surface area contributed by atoms with Gasteiger partial charge in [-0.1, -0.05) is 0 Å². The molecule has 8 heteroatoms. The summed E-state index contributed by atoms with van der Waals surface area (Å²) in [6.07, 6.45) is 0. The lowest BCUT2D eigenvalue weighted by atomic mass is 10.9. The molecule has 0 spiro atoms. The lowest BCUT2D eigenvalue weighted by molar-refractivity contribution is 1.24. The summed E-state index contributed by atoms with van der Waals surface area (Å²) in [4.78, 5) is 0. The van der Waals surface area contributed by atoms with Crippen LogP contribution in [0.5, 0.6) is 0 Å². The molecule has 0 heterocycles. The lowest BCUT2D eigenvalue weighted by Gasteiger charge is -2.15. The molecule has 0 saturated carbocycles. The highest BCUT2D eigenvalue weighted by Crippen LogP contribution is 2.15. The molecule has 0 nitrogen and oxygen atoms in total. The Bertz CT molecular complexity index is 106. The fourth-order valence-electron chi connectivity index (χ4n) is 0.636. The van der Waals surface area contributed by atoms with E-state index in [2.05, 4.69) is 0 Å². The maximum atomic E-state index is 5.95. The van der Waals surface area contributed by atoms with Crippen LogP contribution in [0.2, 0.25) is 0 Å². The molecule has 0 aliphatic carbocycles. The van der Waals surface area contributed by atoms with Gasteiger partial charge in [-0.3, -0.25) is 0 Å². The molecular formula is C4H8Cl6Si2. The molecule has 0 bridgehead atoms. The van der Waals surface area contributed by atoms with Gasteiger partial charge in [-0.25, -0.2) is 0 Å². The zero-order chi connectivity index (χ0) is 9.72. The van der Waals surface area contributed by atoms with Gasteiger partial charge in [-0.2, -0.15) is 0 Å². The molecule has 0 rings (SSSR count). The maximum absolute atomic E-state index is 5.95. The lowest BCUT2D eigenvalue weighted by Crippen LogP contribution is -2.33. The highest BCUT2D eigenvalue weighted by molar-refractivity contribution is 6.79. The number of halogens is 6. The summed E-state index contributed by atoms with van der Waals surface area (Å²) >= 11 is 34.2. The second-order valence-electron chi connectivity index (χ2n) is 2.29. The van der Waals surface area contributed by atoms with E-state index in [1.54, 1.807) is 0 Å². The highest BCUT2D eigenvalue weighted by Gasteiger charge is 2.22. The Labute approximate surface area is 107 Å². The second kappa shape index (κ2) is 7.46. The van der Waals surface area contributed by atoms with Crippen LogP contribution in [0.25, 0.3) is 0 Å². The van der Waals surface area contributed by atoms with Crippen LogP contribution in [0.1, 0.15) is 0 Å². The first kappa shape index (κ1) is 14.2. The van der Waals surface area contributed by atoms with Crippen molar-refractivity contribution in [2.24, 2.45) is 0 Å². The fourth-order valence-corrected chi connectivity index (χ4v) is 8.15. The summed E-state index contributed by atoms with van der Waals surface area (Å²) in [5.41, 5.74) is 0. The number of hydrogen-bond donors (Lipinski definition) is 0. The van der Waals surface area contributed by atoms with E-state index < -0.39 is 19.0 Å². The van der Waals surface area contributed by atoms with Crippen LogP contribution in [-0.2, 0) is 0 Å². The van der Waals surface area contributed by atoms with E-state index in [1.807, 2.05) is 0 Å². The summed E-state index contributed by atoms with van der Waals surface area (Å²) in [5.74, 6) is 0. The Hall–Kier alpha value is 2.17. The van der Waals surface area contributed by atoms with Gasteiger partial charge in [0.25, 0.3) is 0 Å². The van der Waals surface area contributed by atoms with Crippen molar-refractivity contribution >= 4 is 88.6 Å². The molecule has 0 aromatic rings. The van der Waals surface area contributed by atoms with Crippen molar-refractivity contribution in [1.82, 2.24) is 0 Å². The smallest absolute Gasteiger partial charge is 0.0925 e. The van der Waals surface area contributed by atoms with Crippen molar-refractivity contribution < 1.29 is 0 Å². The molecule has 0 aliphatic rings. The molecule has 0 N–H and O–H groups in total. The molecule has 2 atom stereocenters. The SMILES string of the molecule is ClC(Cl)[SiH2]C(Cl)C(Cl)[SiH2]C(Cl)Cl. The predicted molar refractivity (Wildman–Crippen MR) is 67.4 cm³/mol. The Kier molecular flexibility index (Phi) is 8.82. The van der Waals surface area contributed by atoms with E-state index in [9.17, 15) is 0 Å². The summed E-state index contributed by atoms with van der Waals surface area (Å²) in [7, 11) is -1.48. The van der Waals surface area contributed by atoms with Gasteiger partial charge in [-0.05, 0) is 0 Å². The summed E-state index contributed by atoms with van der Waals surface area (Å²) < 4.78 is -0.682. The van der Waals surface area contributed by atoms with Crippen molar-refractivity contribution in [3.8, 4) is 0 Å². The molecule has 2 unspecified atom stereocenters. The minimum Gasteiger partial charge on any atom is -0.126 e. The standard InChI is InChI=1S/C4H8Cl6Si2/c5-1(11-3(7)8)2(6)12-4(9)10/h1-4H,11-12H2. The number of rotatable bonds is 5. The molecule has 0 fully saturated rings. The van der Waals surface area contributed by atoms with Crippen molar-refractivity contribution in [2.75, 3.05) is 0 Å². The molecule has 74 valence electrons. The molecular weight excluding hydrogens is 317 g/mol. The zero-order valence-electron chi connectivity index (χ0n) is 5.99. The third kappa shape index (κ3) is 7.57. The Morgan fingerprint density at radius 1 is 0.583 bits per heavy atom. The van der Waals surface area contributed by atoms with Gasteiger partial charge >= 0.3 is 0 Å². The van der Waals surface area contributed by atoms with Crippen LogP contribution in [0.3, 0.4) is 0 Å². The first-order valence-electron chi connectivity index (χ1n) is 3.28. The van der Waals surface area contributed by atoms with Gasteiger partial charge in [0.2, 0.25) is 0 Å². The summed E-state index contributed by atoms with van der Waals surface area (Å²) in [6.45, 7) is 0. The Balaban J connectivity index is 3.68. The fraction of sp³-hybridized carbons (Fsp3) is 1.00. The van der Waals surface area contributed by atoms with Crippen LogP contribution >= 0.6 is 69.6 Å². The normalized spacial score (nSPS) is 19.0. The van der Waals surface area contributed by atoms with Crippen LogP contribution in [0.15, 0.2) is 0 Å². The maximum Gasteiger partial charge on any atom is 0.0925 e. The zero-order valence-corrected chi connectivity index (χ0v) is 13.4. The summed E-state index contributed by atoms with van der Waals surface area (Å²) in [6, 6.07) is 0. The second-order valence-corrected chi connectivity index (χ2v) is 13.4. The van der Waals surface area contributed by atoms with Crippen LogP contribution in [0.4, 0.5) is 0 Å². The average Bonchev–Trinajstić information content (AvgIpc) is 1.84. The molecule has 0 radical (unpaired) electrons. The van der Waals surface area contributed by atoms with Crippen molar-refractivity contribution in [3.05, 3.63) is 0 Å². The van der Waals surface area contributed by atoms with E-state index in [0.717, 1.165) is 0 Å². The van der Waals surface area contributed by atoms with Crippen molar-refractivity contribution in [2.45, 2.75) is 18.9 Å². The first-order valence-corrected chi connectivity index (χ1v) is 9.16. The molecule has 0 aromatic heterocycles. The minimum atomic E-state index is -0.738.